The summed E-state index contributed by atoms with van der Waals surface area (Å²) in [5.41, 5.74) is 5.98. The lowest BCUT2D eigenvalue weighted by molar-refractivity contribution is 0.601. The van der Waals surface area contributed by atoms with Crippen molar-refractivity contribution >= 4 is 26.5 Å². The van der Waals surface area contributed by atoms with Crippen LogP contribution in [-0.4, -0.2) is 25.2 Å². The minimum Gasteiger partial charge on any atom is -0.320 e. The molecule has 0 atom stereocenters. The van der Waals surface area contributed by atoms with E-state index >= 15 is 0 Å². The van der Waals surface area contributed by atoms with Gasteiger partial charge >= 0.3 is 0 Å². The van der Waals surface area contributed by atoms with E-state index in [1.165, 1.54) is 23.5 Å². The van der Waals surface area contributed by atoms with E-state index in [2.05, 4.69) is 26.8 Å². The van der Waals surface area contributed by atoms with Crippen LogP contribution in [0.4, 0.5) is 5.13 Å². The summed E-state index contributed by atoms with van der Waals surface area (Å²) in [5.74, 6) is 5.53. The third kappa shape index (κ3) is 3.54. The normalized spacial score (nSPS) is 10.7. The highest BCUT2D eigenvalue weighted by Gasteiger charge is 2.16. The fraction of sp³-hybridized carbons (Fsp3) is 0.167. The molecule has 1 aromatic heterocycles. The number of benzene rings is 1. The zero-order valence-electron chi connectivity index (χ0n) is 10.6. The fourth-order valence-corrected chi connectivity index (χ4v) is 3.20. The lowest BCUT2D eigenvalue weighted by atomic mass is 10.2. The Hall–Kier alpha value is -1.95. The molecule has 6 nitrogen and oxygen atoms in total. The molecule has 20 heavy (non-hydrogen) atoms. The predicted molar refractivity (Wildman–Crippen MR) is 77.8 cm³/mol. The minimum absolute atomic E-state index is 0.142. The number of rotatable bonds is 3. The second kappa shape index (κ2) is 6.00. The number of sulfonamides is 1. The van der Waals surface area contributed by atoms with Crippen LogP contribution < -0.4 is 10.5 Å². The van der Waals surface area contributed by atoms with Crippen LogP contribution in [0.5, 0.6) is 0 Å². The Kier molecular flexibility index (Phi) is 4.34. The number of nitrogens with two attached hydrogens (primary N) is 1. The van der Waals surface area contributed by atoms with E-state index in [0.29, 0.717) is 10.6 Å². The summed E-state index contributed by atoms with van der Waals surface area (Å²) in [7, 11) is -3.65. The summed E-state index contributed by atoms with van der Waals surface area (Å²) in [4.78, 5) is 0.142. The van der Waals surface area contributed by atoms with Gasteiger partial charge < -0.3 is 5.73 Å². The first-order chi connectivity index (χ1) is 9.51. The third-order valence-corrected chi connectivity index (χ3v) is 4.49. The van der Waals surface area contributed by atoms with Crippen LogP contribution in [0.2, 0.25) is 0 Å². The summed E-state index contributed by atoms with van der Waals surface area (Å²) in [6.45, 7) is 2.01. The monoisotopic (exact) mass is 308 g/mol. The molecule has 0 aliphatic rings. The van der Waals surface area contributed by atoms with E-state index in [0.717, 1.165) is 0 Å². The molecule has 2 aromatic rings. The summed E-state index contributed by atoms with van der Waals surface area (Å²) < 4.78 is 26.6. The molecule has 0 aliphatic heterocycles. The summed E-state index contributed by atoms with van der Waals surface area (Å²) in [5, 5.41) is 8.42. The highest BCUT2D eigenvalue weighted by molar-refractivity contribution is 7.93. The van der Waals surface area contributed by atoms with Crippen molar-refractivity contribution in [3.8, 4) is 11.8 Å². The van der Waals surface area contributed by atoms with E-state index in [1.807, 2.05) is 0 Å². The molecule has 0 saturated carbocycles. The molecule has 0 fully saturated rings. The van der Waals surface area contributed by atoms with E-state index in [1.54, 1.807) is 19.1 Å². The van der Waals surface area contributed by atoms with Gasteiger partial charge in [0.25, 0.3) is 10.0 Å². The zero-order chi connectivity index (χ0) is 14.6. The fourth-order valence-electron chi connectivity index (χ4n) is 1.38. The number of hydrogen-bond acceptors (Lipinski definition) is 6. The number of nitrogens with zero attached hydrogens (tertiary/aromatic N) is 2. The van der Waals surface area contributed by atoms with Gasteiger partial charge in [-0.05, 0) is 31.2 Å². The van der Waals surface area contributed by atoms with Crippen LogP contribution in [0.25, 0.3) is 0 Å². The summed E-state index contributed by atoms with van der Waals surface area (Å²) in [6.07, 6.45) is 0. The van der Waals surface area contributed by atoms with Gasteiger partial charge in [-0.2, -0.15) is 0 Å². The number of anilines is 1. The molecule has 3 N–H and O–H groups in total. The SMILES string of the molecule is Cc1nnc(NS(=O)(=O)c2ccc(C#CCN)cc2)s1. The molecule has 0 aliphatic carbocycles. The van der Waals surface area contributed by atoms with Gasteiger partial charge in [0, 0.05) is 5.56 Å². The van der Waals surface area contributed by atoms with Crippen LogP contribution >= 0.6 is 11.3 Å². The lowest BCUT2D eigenvalue weighted by Gasteiger charge is -2.04. The second-order valence-electron chi connectivity index (χ2n) is 3.76. The summed E-state index contributed by atoms with van der Waals surface area (Å²) >= 11 is 1.17. The first-order valence-electron chi connectivity index (χ1n) is 5.63. The number of aryl methyl sites for hydroxylation is 1. The molecular formula is C12H12N4O2S2. The average Bonchev–Trinajstić information content (AvgIpc) is 2.81. The van der Waals surface area contributed by atoms with Crippen molar-refractivity contribution in [3.05, 3.63) is 34.8 Å². The molecule has 1 heterocycles. The average molecular weight is 308 g/mol. The molecule has 104 valence electrons. The van der Waals surface area contributed by atoms with Crippen LogP contribution in [-0.2, 0) is 10.0 Å². The van der Waals surface area contributed by atoms with Gasteiger partial charge in [-0.15, -0.1) is 10.2 Å². The highest BCUT2D eigenvalue weighted by atomic mass is 32.2. The van der Waals surface area contributed by atoms with Crippen molar-refractivity contribution in [2.45, 2.75) is 11.8 Å². The standard InChI is InChI=1S/C12H12N4O2S2/c1-9-14-15-12(19-9)16-20(17,18)11-6-4-10(5-7-11)3-2-8-13/h4-7H,8,13H2,1H3,(H,15,16). The van der Waals surface area contributed by atoms with Crippen molar-refractivity contribution in [2.24, 2.45) is 5.73 Å². The number of aromatic nitrogens is 2. The van der Waals surface area contributed by atoms with Crippen LogP contribution in [0.15, 0.2) is 29.2 Å². The van der Waals surface area contributed by atoms with Crippen molar-refractivity contribution < 1.29 is 8.42 Å². The van der Waals surface area contributed by atoms with E-state index in [4.69, 9.17) is 5.73 Å². The third-order valence-electron chi connectivity index (χ3n) is 2.25. The maximum atomic E-state index is 12.1. The van der Waals surface area contributed by atoms with Gasteiger partial charge in [0.05, 0.1) is 11.4 Å². The molecule has 0 saturated heterocycles. The van der Waals surface area contributed by atoms with E-state index in [-0.39, 0.29) is 16.6 Å². The van der Waals surface area contributed by atoms with E-state index in [9.17, 15) is 8.42 Å². The Labute approximate surface area is 121 Å². The Morgan fingerprint density at radius 2 is 2.00 bits per heavy atom. The van der Waals surface area contributed by atoms with Gasteiger partial charge in [0.15, 0.2) is 0 Å². The lowest BCUT2D eigenvalue weighted by Crippen LogP contribution is -2.12. The largest absolute Gasteiger partial charge is 0.320 e. The Balaban J connectivity index is 2.21. The van der Waals surface area contributed by atoms with Crippen molar-refractivity contribution in [3.63, 3.8) is 0 Å². The predicted octanol–water partition coefficient (Wildman–Crippen LogP) is 0.958. The van der Waals surface area contributed by atoms with Gasteiger partial charge in [-0.25, -0.2) is 8.42 Å². The maximum absolute atomic E-state index is 12.1. The van der Waals surface area contributed by atoms with Crippen molar-refractivity contribution in [2.75, 3.05) is 11.3 Å². The quantitative estimate of drug-likeness (QED) is 0.823. The number of hydrogen-bond donors (Lipinski definition) is 2. The maximum Gasteiger partial charge on any atom is 0.263 e. The van der Waals surface area contributed by atoms with Crippen LogP contribution in [0.1, 0.15) is 10.6 Å². The van der Waals surface area contributed by atoms with Crippen LogP contribution in [0.3, 0.4) is 0 Å². The highest BCUT2D eigenvalue weighted by Crippen LogP contribution is 2.19. The van der Waals surface area contributed by atoms with Crippen LogP contribution in [0, 0.1) is 18.8 Å². The minimum atomic E-state index is -3.65. The van der Waals surface area contributed by atoms with Gasteiger partial charge in [-0.1, -0.05) is 23.2 Å². The molecule has 2 rings (SSSR count). The molecule has 1 aromatic carbocycles. The Morgan fingerprint density at radius 1 is 1.30 bits per heavy atom. The van der Waals surface area contributed by atoms with E-state index < -0.39 is 10.0 Å². The van der Waals surface area contributed by atoms with Gasteiger partial charge in [0.1, 0.15) is 5.01 Å². The smallest absolute Gasteiger partial charge is 0.263 e. The molecule has 0 amide bonds. The summed E-state index contributed by atoms with van der Waals surface area (Å²) in [6, 6.07) is 6.22. The first kappa shape index (κ1) is 14.5. The molecule has 0 spiro atoms. The van der Waals surface area contributed by atoms with Crippen molar-refractivity contribution in [1.29, 1.82) is 0 Å². The molecule has 0 bridgehead atoms. The Morgan fingerprint density at radius 3 is 2.55 bits per heavy atom. The molecule has 8 heteroatoms. The topological polar surface area (TPSA) is 98.0 Å². The zero-order valence-corrected chi connectivity index (χ0v) is 12.3. The molecular weight excluding hydrogens is 296 g/mol. The molecule has 0 radical (unpaired) electrons. The van der Waals surface area contributed by atoms with Crippen molar-refractivity contribution in [1.82, 2.24) is 10.2 Å². The number of nitrogens with one attached hydrogen (secondary N) is 1. The van der Waals surface area contributed by atoms with Gasteiger partial charge in [-0.3, -0.25) is 4.72 Å². The first-order valence-corrected chi connectivity index (χ1v) is 7.93. The van der Waals surface area contributed by atoms with Gasteiger partial charge in [0.2, 0.25) is 5.13 Å². The molecule has 0 unspecified atom stereocenters. The second-order valence-corrected chi connectivity index (χ2v) is 6.63. The Bertz CT molecular complexity index is 755.